The van der Waals surface area contributed by atoms with Gasteiger partial charge in [0.1, 0.15) is 5.92 Å². The summed E-state index contributed by atoms with van der Waals surface area (Å²) in [7, 11) is 4.04. The predicted molar refractivity (Wildman–Crippen MR) is 82.5 cm³/mol. The van der Waals surface area contributed by atoms with Crippen molar-refractivity contribution in [3.8, 4) is 6.07 Å². The number of nitrogens with zero attached hydrogens (tertiary/aromatic N) is 3. The Morgan fingerprint density at radius 1 is 1.43 bits per heavy atom. The average Bonchev–Trinajstić information content (AvgIpc) is 2.92. The molecule has 0 radical (unpaired) electrons. The van der Waals surface area contributed by atoms with Crippen LogP contribution in [0.3, 0.4) is 0 Å². The quantitative estimate of drug-likeness (QED) is 0.830. The Labute approximate surface area is 127 Å². The number of hydrogen-bond acceptors (Lipinski definition) is 3. The van der Waals surface area contributed by atoms with Crippen LogP contribution in [0.1, 0.15) is 18.4 Å². The first-order valence-corrected chi connectivity index (χ1v) is 7.50. The van der Waals surface area contributed by atoms with Crippen LogP contribution in [0.4, 0.5) is 0 Å². The van der Waals surface area contributed by atoms with Gasteiger partial charge in [-0.1, -0.05) is 30.3 Å². The summed E-state index contributed by atoms with van der Waals surface area (Å²) < 4.78 is 0. The van der Waals surface area contributed by atoms with Crippen LogP contribution in [0.5, 0.6) is 0 Å². The molecule has 112 valence electrons. The van der Waals surface area contributed by atoms with Gasteiger partial charge in [-0.2, -0.15) is 5.26 Å². The molecule has 0 bridgehead atoms. The molecule has 2 atom stereocenters. The van der Waals surface area contributed by atoms with E-state index in [0.29, 0.717) is 6.42 Å². The first-order chi connectivity index (χ1) is 10.1. The summed E-state index contributed by atoms with van der Waals surface area (Å²) in [6.45, 7) is 1.65. The van der Waals surface area contributed by atoms with E-state index in [9.17, 15) is 10.1 Å². The van der Waals surface area contributed by atoms with Gasteiger partial charge >= 0.3 is 0 Å². The summed E-state index contributed by atoms with van der Waals surface area (Å²) in [5.74, 6) is -0.583. The van der Waals surface area contributed by atoms with Crippen LogP contribution in [0.25, 0.3) is 0 Å². The molecule has 1 aromatic rings. The second-order valence-electron chi connectivity index (χ2n) is 5.96. The molecule has 0 spiro atoms. The van der Waals surface area contributed by atoms with Gasteiger partial charge in [-0.05, 0) is 38.9 Å². The Hall–Kier alpha value is -1.86. The van der Waals surface area contributed by atoms with Crippen molar-refractivity contribution in [2.75, 3.05) is 27.2 Å². The topological polar surface area (TPSA) is 47.3 Å². The van der Waals surface area contributed by atoms with Crippen molar-refractivity contribution < 1.29 is 4.79 Å². The van der Waals surface area contributed by atoms with Gasteiger partial charge in [0.05, 0.1) is 6.07 Å². The Morgan fingerprint density at radius 3 is 2.76 bits per heavy atom. The average molecular weight is 285 g/mol. The zero-order valence-corrected chi connectivity index (χ0v) is 12.8. The number of nitriles is 1. The third-order valence-electron chi connectivity index (χ3n) is 3.97. The maximum Gasteiger partial charge on any atom is 0.240 e. The lowest BCUT2D eigenvalue weighted by Gasteiger charge is -2.28. The molecule has 1 heterocycles. The van der Waals surface area contributed by atoms with Crippen LogP contribution in [0, 0.1) is 17.2 Å². The highest BCUT2D eigenvalue weighted by atomic mass is 16.2. The largest absolute Gasteiger partial charge is 0.337 e. The molecule has 0 N–H and O–H groups in total. The molecule has 1 amide bonds. The molecule has 1 aromatic carbocycles. The number of rotatable bonds is 5. The standard InChI is InChI=1S/C17H23N3O/c1-19(2)13-16-9-6-10-20(16)17(21)15(12-18)11-14-7-4-3-5-8-14/h3-5,7-8,15-16H,6,9-11,13H2,1-2H3. The third kappa shape index (κ3) is 4.05. The van der Waals surface area contributed by atoms with Gasteiger partial charge in [0.15, 0.2) is 0 Å². The zero-order chi connectivity index (χ0) is 15.2. The van der Waals surface area contributed by atoms with Crippen molar-refractivity contribution >= 4 is 5.91 Å². The molecule has 1 aliphatic rings. The zero-order valence-electron chi connectivity index (χ0n) is 12.8. The van der Waals surface area contributed by atoms with E-state index in [4.69, 9.17) is 0 Å². The molecule has 1 aliphatic heterocycles. The minimum absolute atomic E-state index is 0.00861. The number of likely N-dealkylation sites (N-methyl/N-ethyl adjacent to an activating group) is 1. The number of amides is 1. The van der Waals surface area contributed by atoms with Gasteiger partial charge in [0.25, 0.3) is 0 Å². The first kappa shape index (κ1) is 15.5. The lowest BCUT2D eigenvalue weighted by Crippen LogP contribution is -2.44. The fourth-order valence-electron chi connectivity index (χ4n) is 2.98. The van der Waals surface area contributed by atoms with E-state index in [1.807, 2.05) is 49.3 Å². The Kier molecular flexibility index (Phi) is 5.35. The Balaban J connectivity index is 2.04. The highest BCUT2D eigenvalue weighted by molar-refractivity contribution is 5.82. The van der Waals surface area contributed by atoms with E-state index in [0.717, 1.165) is 31.5 Å². The van der Waals surface area contributed by atoms with Crippen molar-refractivity contribution in [2.24, 2.45) is 5.92 Å². The maximum atomic E-state index is 12.7. The van der Waals surface area contributed by atoms with Crippen molar-refractivity contribution in [3.63, 3.8) is 0 Å². The second-order valence-corrected chi connectivity index (χ2v) is 5.96. The SMILES string of the molecule is CN(C)CC1CCCN1C(=O)C(C#N)Cc1ccccc1. The van der Waals surface area contributed by atoms with Gasteiger partial charge in [0.2, 0.25) is 5.91 Å². The van der Waals surface area contributed by atoms with Crippen LogP contribution < -0.4 is 0 Å². The molecule has 0 saturated carbocycles. The Bertz CT molecular complexity index is 507. The summed E-state index contributed by atoms with van der Waals surface area (Å²) in [6, 6.07) is 12.2. The number of carbonyl (C=O) groups excluding carboxylic acids is 1. The lowest BCUT2D eigenvalue weighted by atomic mass is 9.99. The van der Waals surface area contributed by atoms with E-state index in [2.05, 4.69) is 11.0 Å². The van der Waals surface area contributed by atoms with E-state index >= 15 is 0 Å². The van der Waals surface area contributed by atoms with Gasteiger partial charge in [-0.25, -0.2) is 0 Å². The van der Waals surface area contributed by atoms with Crippen molar-refractivity contribution in [2.45, 2.75) is 25.3 Å². The molecular weight excluding hydrogens is 262 g/mol. The molecule has 4 heteroatoms. The normalized spacial score (nSPS) is 19.5. The van der Waals surface area contributed by atoms with Gasteiger partial charge in [-0.3, -0.25) is 4.79 Å². The molecule has 1 fully saturated rings. The molecule has 2 unspecified atom stereocenters. The highest BCUT2D eigenvalue weighted by Gasteiger charge is 2.33. The van der Waals surface area contributed by atoms with Crippen LogP contribution >= 0.6 is 0 Å². The first-order valence-electron chi connectivity index (χ1n) is 7.50. The van der Waals surface area contributed by atoms with Crippen LogP contribution in [0.2, 0.25) is 0 Å². The number of likely N-dealkylation sites (tertiary alicyclic amines) is 1. The van der Waals surface area contributed by atoms with Crippen molar-refractivity contribution in [3.05, 3.63) is 35.9 Å². The summed E-state index contributed by atoms with van der Waals surface area (Å²) in [6.07, 6.45) is 2.57. The molecule has 21 heavy (non-hydrogen) atoms. The number of benzene rings is 1. The van der Waals surface area contributed by atoms with Crippen LogP contribution in [0.15, 0.2) is 30.3 Å². The summed E-state index contributed by atoms with van der Waals surface area (Å²) in [5.41, 5.74) is 1.04. The summed E-state index contributed by atoms with van der Waals surface area (Å²) >= 11 is 0. The van der Waals surface area contributed by atoms with E-state index in [1.54, 1.807) is 0 Å². The summed E-state index contributed by atoms with van der Waals surface area (Å²) in [5, 5.41) is 9.38. The number of hydrogen-bond donors (Lipinski definition) is 0. The minimum Gasteiger partial charge on any atom is -0.337 e. The van der Waals surface area contributed by atoms with Gasteiger partial charge in [-0.15, -0.1) is 0 Å². The minimum atomic E-state index is -0.574. The Morgan fingerprint density at radius 2 is 2.14 bits per heavy atom. The fraction of sp³-hybridized carbons (Fsp3) is 0.529. The van der Waals surface area contributed by atoms with Crippen LogP contribution in [-0.2, 0) is 11.2 Å². The molecule has 2 rings (SSSR count). The maximum absolute atomic E-state index is 12.7. The van der Waals surface area contributed by atoms with Gasteiger partial charge < -0.3 is 9.80 Å². The summed E-state index contributed by atoms with van der Waals surface area (Å²) in [4.78, 5) is 16.7. The third-order valence-corrected chi connectivity index (χ3v) is 3.97. The molecule has 4 nitrogen and oxygen atoms in total. The van der Waals surface area contributed by atoms with Crippen molar-refractivity contribution in [1.82, 2.24) is 9.80 Å². The van der Waals surface area contributed by atoms with E-state index < -0.39 is 5.92 Å². The monoisotopic (exact) mass is 285 g/mol. The second kappa shape index (κ2) is 7.24. The predicted octanol–water partition coefficient (Wildman–Crippen LogP) is 1.92. The molecule has 1 saturated heterocycles. The molecular formula is C17H23N3O. The lowest BCUT2D eigenvalue weighted by molar-refractivity contribution is -0.134. The van der Waals surface area contributed by atoms with Crippen molar-refractivity contribution in [1.29, 1.82) is 5.26 Å². The highest BCUT2D eigenvalue weighted by Crippen LogP contribution is 2.21. The van der Waals surface area contributed by atoms with E-state index in [-0.39, 0.29) is 11.9 Å². The number of carbonyl (C=O) groups is 1. The fourth-order valence-corrected chi connectivity index (χ4v) is 2.98. The molecule has 0 aliphatic carbocycles. The molecule has 0 aromatic heterocycles. The van der Waals surface area contributed by atoms with Crippen LogP contribution in [-0.4, -0.2) is 48.9 Å². The smallest absolute Gasteiger partial charge is 0.240 e. The van der Waals surface area contributed by atoms with Gasteiger partial charge in [0, 0.05) is 19.1 Å². The van der Waals surface area contributed by atoms with E-state index in [1.165, 1.54) is 0 Å².